The lowest BCUT2D eigenvalue weighted by Crippen LogP contribution is -2.11. The smallest absolute Gasteiger partial charge is 0.163 e. The second-order valence-electron chi connectivity index (χ2n) is 5.74. The van der Waals surface area contributed by atoms with E-state index in [1.54, 1.807) is 14.2 Å². The van der Waals surface area contributed by atoms with Crippen LogP contribution in [0.2, 0.25) is 0 Å². The molecule has 3 rings (SSSR count). The van der Waals surface area contributed by atoms with Crippen LogP contribution in [0.25, 0.3) is 0 Å². The van der Waals surface area contributed by atoms with E-state index in [-0.39, 0.29) is 0 Å². The van der Waals surface area contributed by atoms with Gasteiger partial charge < -0.3 is 19.5 Å². The molecule has 1 saturated carbocycles. The Hall–Kier alpha value is -2.36. The fraction of sp³-hybridized carbons (Fsp3) is 0.368. The van der Waals surface area contributed by atoms with Crippen molar-refractivity contribution >= 4 is 11.4 Å². The van der Waals surface area contributed by atoms with Crippen LogP contribution in [-0.4, -0.2) is 20.3 Å². The predicted octanol–water partition coefficient (Wildman–Crippen LogP) is 4.77. The summed E-state index contributed by atoms with van der Waals surface area (Å²) in [5.41, 5.74) is 1.98. The van der Waals surface area contributed by atoms with Crippen molar-refractivity contribution in [3.05, 3.63) is 42.5 Å². The summed E-state index contributed by atoms with van der Waals surface area (Å²) in [6, 6.07) is 13.8. The Balaban J connectivity index is 1.75. The standard InChI is InChI=1S/C19H23NO3/c1-21-16-10-7-14(8-11-16)20-15-9-12-18(22-2)19(13-15)23-17-5-3-4-6-17/h7-13,17,20H,3-6H2,1-2H3. The molecule has 1 aliphatic carbocycles. The Kier molecular flexibility index (Phi) is 4.91. The number of anilines is 2. The molecular weight excluding hydrogens is 290 g/mol. The summed E-state index contributed by atoms with van der Waals surface area (Å²) in [6.07, 6.45) is 5.05. The van der Waals surface area contributed by atoms with Gasteiger partial charge in [-0.15, -0.1) is 0 Å². The van der Waals surface area contributed by atoms with Crippen LogP contribution >= 0.6 is 0 Å². The Labute approximate surface area is 137 Å². The lowest BCUT2D eigenvalue weighted by Gasteiger charge is -2.17. The van der Waals surface area contributed by atoms with Gasteiger partial charge in [-0.2, -0.15) is 0 Å². The van der Waals surface area contributed by atoms with Gasteiger partial charge in [0.1, 0.15) is 5.75 Å². The number of hydrogen-bond acceptors (Lipinski definition) is 4. The maximum absolute atomic E-state index is 6.13. The molecule has 2 aromatic carbocycles. The maximum atomic E-state index is 6.13. The third-order valence-corrected chi connectivity index (χ3v) is 4.14. The average Bonchev–Trinajstić information content (AvgIpc) is 3.09. The molecule has 4 nitrogen and oxygen atoms in total. The minimum Gasteiger partial charge on any atom is -0.497 e. The first kappa shape index (κ1) is 15.5. The second-order valence-corrected chi connectivity index (χ2v) is 5.74. The third-order valence-electron chi connectivity index (χ3n) is 4.14. The van der Waals surface area contributed by atoms with Gasteiger partial charge in [0.05, 0.1) is 20.3 Å². The molecule has 0 heterocycles. The highest BCUT2D eigenvalue weighted by molar-refractivity contribution is 5.64. The van der Waals surface area contributed by atoms with Gasteiger partial charge >= 0.3 is 0 Å². The van der Waals surface area contributed by atoms with Crippen molar-refractivity contribution in [2.75, 3.05) is 19.5 Å². The van der Waals surface area contributed by atoms with E-state index in [1.807, 2.05) is 42.5 Å². The zero-order valence-corrected chi connectivity index (χ0v) is 13.7. The number of methoxy groups -OCH3 is 2. The van der Waals surface area contributed by atoms with Gasteiger partial charge in [0, 0.05) is 17.4 Å². The Morgan fingerprint density at radius 1 is 0.826 bits per heavy atom. The molecule has 1 aliphatic rings. The molecule has 0 aliphatic heterocycles. The van der Waals surface area contributed by atoms with Gasteiger partial charge in [-0.05, 0) is 62.1 Å². The average molecular weight is 313 g/mol. The molecular formula is C19H23NO3. The van der Waals surface area contributed by atoms with Crippen LogP contribution in [0.1, 0.15) is 25.7 Å². The van der Waals surface area contributed by atoms with Crippen LogP contribution < -0.4 is 19.5 Å². The molecule has 0 radical (unpaired) electrons. The normalized spacial score (nSPS) is 14.5. The largest absolute Gasteiger partial charge is 0.497 e. The molecule has 122 valence electrons. The monoisotopic (exact) mass is 313 g/mol. The summed E-state index contributed by atoms with van der Waals surface area (Å²) in [7, 11) is 3.34. The van der Waals surface area contributed by atoms with E-state index in [0.717, 1.165) is 41.5 Å². The summed E-state index contributed by atoms with van der Waals surface area (Å²) < 4.78 is 16.7. The number of rotatable bonds is 6. The Morgan fingerprint density at radius 3 is 2.17 bits per heavy atom. The SMILES string of the molecule is COc1ccc(Nc2ccc(OC)c(OC3CCCC3)c2)cc1. The molecule has 0 amide bonds. The highest BCUT2D eigenvalue weighted by atomic mass is 16.5. The summed E-state index contributed by atoms with van der Waals surface area (Å²) in [6.45, 7) is 0. The molecule has 0 bridgehead atoms. The van der Waals surface area contributed by atoms with Crippen molar-refractivity contribution in [1.82, 2.24) is 0 Å². The van der Waals surface area contributed by atoms with E-state index in [2.05, 4.69) is 5.32 Å². The van der Waals surface area contributed by atoms with E-state index in [4.69, 9.17) is 14.2 Å². The Bertz CT molecular complexity index is 634. The zero-order valence-electron chi connectivity index (χ0n) is 13.7. The molecule has 4 heteroatoms. The summed E-state index contributed by atoms with van der Waals surface area (Å²) in [5.74, 6) is 2.42. The Morgan fingerprint density at radius 2 is 1.52 bits per heavy atom. The van der Waals surface area contributed by atoms with Crippen molar-refractivity contribution in [1.29, 1.82) is 0 Å². The zero-order chi connectivity index (χ0) is 16.1. The number of benzene rings is 2. The van der Waals surface area contributed by atoms with Crippen LogP contribution in [0.15, 0.2) is 42.5 Å². The fourth-order valence-electron chi connectivity index (χ4n) is 2.87. The third kappa shape index (κ3) is 3.89. The van der Waals surface area contributed by atoms with E-state index in [0.29, 0.717) is 6.10 Å². The topological polar surface area (TPSA) is 39.7 Å². The lowest BCUT2D eigenvalue weighted by atomic mass is 10.2. The number of hydrogen-bond donors (Lipinski definition) is 1. The first-order valence-corrected chi connectivity index (χ1v) is 8.04. The number of ether oxygens (including phenoxy) is 3. The van der Waals surface area contributed by atoms with Gasteiger partial charge in [0.15, 0.2) is 11.5 Å². The molecule has 0 saturated heterocycles. The van der Waals surface area contributed by atoms with Crippen molar-refractivity contribution in [2.45, 2.75) is 31.8 Å². The van der Waals surface area contributed by atoms with E-state index >= 15 is 0 Å². The summed E-state index contributed by atoms with van der Waals surface area (Å²) in [4.78, 5) is 0. The van der Waals surface area contributed by atoms with Crippen molar-refractivity contribution in [2.24, 2.45) is 0 Å². The van der Waals surface area contributed by atoms with Crippen LogP contribution in [-0.2, 0) is 0 Å². The highest BCUT2D eigenvalue weighted by Crippen LogP contribution is 2.34. The van der Waals surface area contributed by atoms with Crippen LogP contribution in [0.3, 0.4) is 0 Å². The summed E-state index contributed by atoms with van der Waals surface area (Å²) in [5, 5.41) is 3.38. The molecule has 0 atom stereocenters. The van der Waals surface area contributed by atoms with Crippen molar-refractivity contribution < 1.29 is 14.2 Å². The molecule has 23 heavy (non-hydrogen) atoms. The lowest BCUT2D eigenvalue weighted by molar-refractivity contribution is 0.201. The maximum Gasteiger partial charge on any atom is 0.163 e. The minimum atomic E-state index is 0.306. The van der Waals surface area contributed by atoms with E-state index < -0.39 is 0 Å². The van der Waals surface area contributed by atoms with Crippen LogP contribution in [0.4, 0.5) is 11.4 Å². The van der Waals surface area contributed by atoms with E-state index in [1.165, 1.54) is 12.8 Å². The van der Waals surface area contributed by atoms with Crippen LogP contribution in [0, 0.1) is 0 Å². The highest BCUT2D eigenvalue weighted by Gasteiger charge is 2.18. The predicted molar refractivity (Wildman–Crippen MR) is 92.2 cm³/mol. The summed E-state index contributed by atoms with van der Waals surface area (Å²) >= 11 is 0. The molecule has 1 N–H and O–H groups in total. The number of nitrogens with one attached hydrogen (secondary N) is 1. The first-order valence-electron chi connectivity index (χ1n) is 8.04. The fourth-order valence-corrected chi connectivity index (χ4v) is 2.87. The molecule has 0 spiro atoms. The van der Waals surface area contributed by atoms with Gasteiger partial charge in [-0.25, -0.2) is 0 Å². The first-order chi connectivity index (χ1) is 11.3. The second kappa shape index (κ2) is 7.27. The minimum absolute atomic E-state index is 0.306. The van der Waals surface area contributed by atoms with E-state index in [9.17, 15) is 0 Å². The van der Waals surface area contributed by atoms with Crippen LogP contribution in [0.5, 0.6) is 17.2 Å². The van der Waals surface area contributed by atoms with Gasteiger partial charge in [0.25, 0.3) is 0 Å². The van der Waals surface area contributed by atoms with Gasteiger partial charge in [0.2, 0.25) is 0 Å². The molecule has 0 aromatic heterocycles. The molecule has 1 fully saturated rings. The molecule has 2 aromatic rings. The van der Waals surface area contributed by atoms with Crippen molar-refractivity contribution in [3.8, 4) is 17.2 Å². The molecule has 0 unspecified atom stereocenters. The van der Waals surface area contributed by atoms with Gasteiger partial charge in [-0.1, -0.05) is 0 Å². The quantitative estimate of drug-likeness (QED) is 0.834. The van der Waals surface area contributed by atoms with Crippen molar-refractivity contribution in [3.63, 3.8) is 0 Å². The van der Waals surface area contributed by atoms with Gasteiger partial charge in [-0.3, -0.25) is 0 Å².